The van der Waals surface area contributed by atoms with Crippen LogP contribution in [0.25, 0.3) is 11.1 Å². The van der Waals surface area contributed by atoms with Crippen LogP contribution in [0.2, 0.25) is 0 Å². The fourth-order valence-corrected chi connectivity index (χ4v) is 3.15. The van der Waals surface area contributed by atoms with Crippen LogP contribution < -0.4 is 5.32 Å². The zero-order chi connectivity index (χ0) is 15.9. The van der Waals surface area contributed by atoms with Crippen LogP contribution in [0.5, 0.6) is 0 Å². The minimum absolute atomic E-state index is 0.0790. The molecule has 1 aliphatic heterocycles. The molecule has 0 radical (unpaired) electrons. The first-order chi connectivity index (χ1) is 11.3. The van der Waals surface area contributed by atoms with Crippen molar-refractivity contribution in [2.24, 2.45) is 0 Å². The van der Waals surface area contributed by atoms with Crippen molar-refractivity contribution in [2.45, 2.75) is 25.7 Å². The number of hydrogen-bond acceptors (Lipinski definition) is 2. The van der Waals surface area contributed by atoms with Crippen LogP contribution in [0.1, 0.15) is 25.7 Å². The van der Waals surface area contributed by atoms with Gasteiger partial charge < -0.3 is 5.32 Å². The average molecular weight is 308 g/mol. The third-order valence-electron chi connectivity index (χ3n) is 4.35. The van der Waals surface area contributed by atoms with Gasteiger partial charge in [0, 0.05) is 11.3 Å². The molecule has 3 nitrogen and oxygen atoms in total. The molecule has 1 aliphatic rings. The van der Waals surface area contributed by atoms with Crippen LogP contribution >= 0.6 is 0 Å². The number of benzene rings is 2. The lowest BCUT2D eigenvalue weighted by Crippen LogP contribution is -2.34. The molecule has 0 aliphatic carbocycles. The summed E-state index contributed by atoms with van der Waals surface area (Å²) in [7, 11) is 0. The molecule has 0 spiro atoms. The Bertz CT molecular complexity index is 631. The number of anilines is 1. The highest BCUT2D eigenvalue weighted by molar-refractivity contribution is 5.96. The van der Waals surface area contributed by atoms with Crippen molar-refractivity contribution in [3.8, 4) is 11.1 Å². The molecule has 1 amide bonds. The number of carbonyl (C=O) groups is 1. The van der Waals surface area contributed by atoms with Crippen LogP contribution in [-0.4, -0.2) is 30.4 Å². The number of amides is 1. The van der Waals surface area contributed by atoms with E-state index in [-0.39, 0.29) is 5.91 Å². The maximum absolute atomic E-state index is 12.4. The molecule has 2 aromatic carbocycles. The SMILES string of the molecule is O=C(CN1CCCCCC1)Nc1ccccc1-c1ccccc1. The minimum atomic E-state index is 0.0790. The second-order valence-corrected chi connectivity index (χ2v) is 6.15. The molecule has 0 unspecified atom stereocenters. The van der Waals surface area contributed by atoms with Crippen molar-refractivity contribution >= 4 is 11.6 Å². The first-order valence-corrected chi connectivity index (χ1v) is 8.49. The summed E-state index contributed by atoms with van der Waals surface area (Å²) in [5.74, 6) is 0.0790. The molecule has 1 fully saturated rings. The largest absolute Gasteiger partial charge is 0.324 e. The van der Waals surface area contributed by atoms with Crippen LogP contribution in [0.4, 0.5) is 5.69 Å². The Labute approximate surface area is 138 Å². The highest BCUT2D eigenvalue weighted by Crippen LogP contribution is 2.27. The lowest BCUT2D eigenvalue weighted by molar-refractivity contribution is -0.117. The van der Waals surface area contributed by atoms with E-state index in [1.54, 1.807) is 0 Å². The second-order valence-electron chi connectivity index (χ2n) is 6.15. The highest BCUT2D eigenvalue weighted by Gasteiger charge is 2.14. The van der Waals surface area contributed by atoms with Gasteiger partial charge in [0.05, 0.1) is 6.54 Å². The van der Waals surface area contributed by atoms with Crippen molar-refractivity contribution in [3.05, 3.63) is 54.6 Å². The van der Waals surface area contributed by atoms with Gasteiger partial charge in [-0.3, -0.25) is 9.69 Å². The average Bonchev–Trinajstić information content (AvgIpc) is 2.85. The smallest absolute Gasteiger partial charge is 0.238 e. The number of carbonyl (C=O) groups excluding carboxylic acids is 1. The van der Waals surface area contributed by atoms with Crippen LogP contribution in [0.3, 0.4) is 0 Å². The summed E-state index contributed by atoms with van der Waals surface area (Å²) in [5.41, 5.74) is 3.08. The van der Waals surface area contributed by atoms with Gasteiger partial charge in [0.25, 0.3) is 0 Å². The second kappa shape index (κ2) is 7.93. The van der Waals surface area contributed by atoms with Gasteiger partial charge in [-0.15, -0.1) is 0 Å². The van der Waals surface area contributed by atoms with Gasteiger partial charge in [0.15, 0.2) is 0 Å². The number of hydrogen-bond donors (Lipinski definition) is 1. The standard InChI is InChI=1S/C20H24N2O/c23-20(16-22-14-8-1-2-9-15-22)21-19-13-7-6-12-18(19)17-10-4-3-5-11-17/h3-7,10-13H,1-2,8-9,14-16H2,(H,21,23). The first kappa shape index (κ1) is 15.8. The Morgan fingerprint density at radius 1 is 0.870 bits per heavy atom. The van der Waals surface area contributed by atoms with Gasteiger partial charge in [0.1, 0.15) is 0 Å². The minimum Gasteiger partial charge on any atom is -0.324 e. The van der Waals surface area contributed by atoms with E-state index < -0.39 is 0 Å². The van der Waals surface area contributed by atoms with Crippen LogP contribution in [-0.2, 0) is 4.79 Å². The van der Waals surface area contributed by atoms with E-state index in [0.717, 1.165) is 29.9 Å². The van der Waals surface area contributed by atoms with Gasteiger partial charge in [-0.1, -0.05) is 61.4 Å². The van der Waals surface area contributed by atoms with E-state index in [2.05, 4.69) is 28.4 Å². The normalized spacial score (nSPS) is 15.8. The molecule has 1 heterocycles. The quantitative estimate of drug-likeness (QED) is 0.919. The van der Waals surface area contributed by atoms with E-state index in [1.165, 1.54) is 25.7 Å². The molecule has 2 aromatic rings. The van der Waals surface area contributed by atoms with E-state index in [4.69, 9.17) is 0 Å². The van der Waals surface area contributed by atoms with E-state index in [0.29, 0.717) is 6.54 Å². The molecule has 3 heteroatoms. The van der Waals surface area contributed by atoms with Crippen molar-refractivity contribution in [1.82, 2.24) is 4.90 Å². The van der Waals surface area contributed by atoms with Gasteiger partial charge in [-0.2, -0.15) is 0 Å². The molecule has 3 rings (SSSR count). The van der Waals surface area contributed by atoms with Crippen molar-refractivity contribution in [1.29, 1.82) is 0 Å². The summed E-state index contributed by atoms with van der Waals surface area (Å²) in [4.78, 5) is 14.7. The molecule has 1 N–H and O–H groups in total. The summed E-state index contributed by atoms with van der Waals surface area (Å²) in [6, 6.07) is 18.2. The lowest BCUT2D eigenvalue weighted by atomic mass is 10.0. The van der Waals surface area contributed by atoms with Crippen LogP contribution in [0.15, 0.2) is 54.6 Å². The molecule has 0 saturated carbocycles. The molecule has 0 bridgehead atoms. The number of para-hydroxylation sites is 1. The number of nitrogens with zero attached hydrogens (tertiary/aromatic N) is 1. The van der Waals surface area contributed by atoms with Crippen LogP contribution in [0, 0.1) is 0 Å². The predicted octanol–water partition coefficient (Wildman–Crippen LogP) is 4.17. The van der Waals surface area contributed by atoms with Gasteiger partial charge in [-0.25, -0.2) is 0 Å². The Hall–Kier alpha value is -2.13. The Morgan fingerprint density at radius 3 is 2.26 bits per heavy atom. The molecule has 0 atom stereocenters. The maximum Gasteiger partial charge on any atom is 0.238 e. The molecule has 1 saturated heterocycles. The van der Waals surface area contributed by atoms with E-state index >= 15 is 0 Å². The molecular weight excluding hydrogens is 284 g/mol. The monoisotopic (exact) mass is 308 g/mol. The summed E-state index contributed by atoms with van der Waals surface area (Å²) >= 11 is 0. The van der Waals surface area contributed by atoms with Gasteiger partial charge in [-0.05, 0) is 37.6 Å². The van der Waals surface area contributed by atoms with Crippen molar-refractivity contribution < 1.29 is 4.79 Å². The fourth-order valence-electron chi connectivity index (χ4n) is 3.15. The van der Waals surface area contributed by atoms with Crippen molar-refractivity contribution in [2.75, 3.05) is 25.0 Å². The summed E-state index contributed by atoms with van der Waals surface area (Å²) in [5, 5.41) is 3.10. The Morgan fingerprint density at radius 2 is 1.52 bits per heavy atom. The Balaban J connectivity index is 1.69. The van der Waals surface area contributed by atoms with Crippen molar-refractivity contribution in [3.63, 3.8) is 0 Å². The van der Waals surface area contributed by atoms with E-state index in [1.807, 2.05) is 36.4 Å². The highest BCUT2D eigenvalue weighted by atomic mass is 16.2. The van der Waals surface area contributed by atoms with Gasteiger partial charge >= 0.3 is 0 Å². The predicted molar refractivity (Wildman–Crippen MR) is 95.4 cm³/mol. The fraction of sp³-hybridized carbons (Fsp3) is 0.350. The molecule has 23 heavy (non-hydrogen) atoms. The molecule has 120 valence electrons. The van der Waals surface area contributed by atoms with E-state index in [9.17, 15) is 4.79 Å². The third kappa shape index (κ3) is 4.42. The topological polar surface area (TPSA) is 32.3 Å². The number of nitrogens with one attached hydrogen (secondary N) is 1. The number of likely N-dealkylation sites (tertiary alicyclic amines) is 1. The first-order valence-electron chi connectivity index (χ1n) is 8.49. The zero-order valence-corrected chi connectivity index (χ0v) is 13.5. The summed E-state index contributed by atoms with van der Waals surface area (Å²) in [6.45, 7) is 2.56. The zero-order valence-electron chi connectivity index (χ0n) is 13.5. The molecule has 0 aromatic heterocycles. The molecular formula is C20H24N2O. The summed E-state index contributed by atoms with van der Waals surface area (Å²) < 4.78 is 0. The lowest BCUT2D eigenvalue weighted by Gasteiger charge is -2.19. The number of rotatable bonds is 4. The third-order valence-corrected chi connectivity index (χ3v) is 4.35. The Kier molecular flexibility index (Phi) is 5.43. The summed E-state index contributed by atoms with van der Waals surface area (Å²) in [6.07, 6.45) is 4.98. The van der Waals surface area contributed by atoms with Gasteiger partial charge in [0.2, 0.25) is 5.91 Å². The maximum atomic E-state index is 12.4.